The van der Waals surface area contributed by atoms with Gasteiger partial charge in [0.2, 0.25) is 0 Å². The minimum atomic E-state index is -1.54. The van der Waals surface area contributed by atoms with Crippen LogP contribution in [-0.4, -0.2) is 38.9 Å². The molecule has 9 heteroatoms. The zero-order valence-corrected chi connectivity index (χ0v) is 13.8. The quantitative estimate of drug-likeness (QED) is 0.481. The molecule has 3 N–H and O–H groups in total. The van der Waals surface area contributed by atoms with Crippen LogP contribution in [0.15, 0.2) is 48.7 Å². The summed E-state index contributed by atoms with van der Waals surface area (Å²) in [4.78, 5) is 25.6. The van der Waals surface area contributed by atoms with Crippen molar-refractivity contribution >= 4 is 11.8 Å². The van der Waals surface area contributed by atoms with E-state index in [9.17, 15) is 25.1 Å². The van der Waals surface area contributed by atoms with Crippen molar-refractivity contribution in [1.29, 1.82) is 0 Å². The number of hydrogen-bond donors (Lipinski definition) is 3. The number of aliphatic hydroxyl groups is 2. The van der Waals surface area contributed by atoms with E-state index in [0.717, 1.165) is 5.56 Å². The standard InChI is InChI=1S/C17H19N3O6/c21-14(16(22)15-13(20(24)25)7-4-9-18-15)8-10-19-17(23)26-11-12-5-2-1-3-6-12/h1-7,9,14,16,21-22H,8,10-11H2,(H,19,23). The first-order valence-electron chi connectivity index (χ1n) is 7.89. The molecule has 1 amide bonds. The first-order valence-corrected chi connectivity index (χ1v) is 7.89. The fraction of sp³-hybridized carbons (Fsp3) is 0.294. The Morgan fingerprint density at radius 2 is 1.96 bits per heavy atom. The highest BCUT2D eigenvalue weighted by Crippen LogP contribution is 2.25. The maximum atomic E-state index is 11.6. The number of hydrogen-bond acceptors (Lipinski definition) is 7. The summed E-state index contributed by atoms with van der Waals surface area (Å²) in [5.74, 6) is 0. The highest BCUT2D eigenvalue weighted by molar-refractivity contribution is 5.67. The fourth-order valence-electron chi connectivity index (χ4n) is 2.23. The lowest BCUT2D eigenvalue weighted by atomic mass is 10.1. The van der Waals surface area contributed by atoms with E-state index >= 15 is 0 Å². The predicted molar refractivity (Wildman–Crippen MR) is 91.1 cm³/mol. The number of nitrogens with one attached hydrogen (secondary N) is 1. The smallest absolute Gasteiger partial charge is 0.407 e. The van der Waals surface area contributed by atoms with E-state index in [1.807, 2.05) is 30.3 Å². The number of nitrogens with zero attached hydrogens (tertiary/aromatic N) is 2. The van der Waals surface area contributed by atoms with Gasteiger partial charge in [0.15, 0.2) is 0 Å². The summed E-state index contributed by atoms with van der Waals surface area (Å²) in [5.41, 5.74) is 0.228. The molecule has 138 valence electrons. The van der Waals surface area contributed by atoms with Crippen LogP contribution in [0.5, 0.6) is 0 Å². The van der Waals surface area contributed by atoms with Crippen LogP contribution in [0.4, 0.5) is 10.5 Å². The summed E-state index contributed by atoms with van der Waals surface area (Å²) >= 11 is 0. The Balaban J connectivity index is 1.78. The van der Waals surface area contributed by atoms with Gasteiger partial charge in [-0.3, -0.25) is 15.1 Å². The van der Waals surface area contributed by atoms with Crippen molar-refractivity contribution in [3.05, 3.63) is 70.0 Å². The molecule has 0 spiro atoms. The van der Waals surface area contributed by atoms with Gasteiger partial charge in [-0.15, -0.1) is 0 Å². The molecule has 0 radical (unpaired) electrons. The van der Waals surface area contributed by atoms with Crippen LogP contribution in [0.3, 0.4) is 0 Å². The summed E-state index contributed by atoms with van der Waals surface area (Å²) < 4.78 is 5.01. The van der Waals surface area contributed by atoms with Gasteiger partial charge in [-0.05, 0) is 18.1 Å². The Hall–Kier alpha value is -3.04. The lowest BCUT2D eigenvalue weighted by Gasteiger charge is -2.17. The van der Waals surface area contributed by atoms with Crippen LogP contribution in [0, 0.1) is 10.1 Å². The first-order chi connectivity index (χ1) is 12.5. The molecule has 2 unspecified atom stereocenters. The molecular weight excluding hydrogens is 342 g/mol. The highest BCUT2D eigenvalue weighted by Gasteiger charge is 2.27. The van der Waals surface area contributed by atoms with Crippen molar-refractivity contribution in [3.63, 3.8) is 0 Å². The van der Waals surface area contributed by atoms with E-state index in [4.69, 9.17) is 4.74 Å². The number of benzene rings is 1. The van der Waals surface area contributed by atoms with Gasteiger partial charge in [0.25, 0.3) is 5.69 Å². The van der Waals surface area contributed by atoms with E-state index in [-0.39, 0.29) is 31.0 Å². The Kier molecular flexibility index (Phi) is 7.01. The molecule has 2 aromatic rings. The normalized spacial score (nSPS) is 12.8. The maximum Gasteiger partial charge on any atom is 0.407 e. The topological polar surface area (TPSA) is 135 Å². The van der Waals surface area contributed by atoms with Gasteiger partial charge in [0.05, 0.1) is 11.0 Å². The number of aromatic nitrogens is 1. The number of carbonyl (C=O) groups is 1. The molecule has 0 saturated heterocycles. The van der Waals surface area contributed by atoms with Gasteiger partial charge in [-0.2, -0.15) is 0 Å². The Morgan fingerprint density at radius 1 is 1.23 bits per heavy atom. The number of alkyl carbamates (subject to hydrolysis) is 1. The molecule has 0 aliphatic rings. The van der Waals surface area contributed by atoms with E-state index < -0.39 is 23.2 Å². The zero-order chi connectivity index (χ0) is 18.9. The van der Waals surface area contributed by atoms with Crippen molar-refractivity contribution < 1.29 is 24.7 Å². The van der Waals surface area contributed by atoms with Gasteiger partial charge in [-0.25, -0.2) is 4.79 Å². The summed E-state index contributed by atoms with van der Waals surface area (Å²) in [6.07, 6.45) is -2.29. The number of ether oxygens (including phenoxy) is 1. The average Bonchev–Trinajstić information content (AvgIpc) is 2.66. The SMILES string of the molecule is O=C(NCCC(O)C(O)c1ncccc1[N+](=O)[O-])OCc1ccccc1. The van der Waals surface area contributed by atoms with Gasteiger partial charge in [0.1, 0.15) is 18.4 Å². The Labute approximate surface area is 149 Å². The number of aliphatic hydroxyl groups excluding tert-OH is 2. The van der Waals surface area contributed by atoms with Gasteiger partial charge < -0.3 is 20.3 Å². The summed E-state index contributed by atoms with van der Waals surface area (Å²) in [5, 5.41) is 33.4. The van der Waals surface area contributed by atoms with Crippen molar-refractivity contribution in [1.82, 2.24) is 10.3 Å². The molecule has 0 aliphatic carbocycles. The lowest BCUT2D eigenvalue weighted by Crippen LogP contribution is -2.30. The third-order valence-electron chi connectivity index (χ3n) is 3.58. The van der Waals surface area contributed by atoms with Crippen molar-refractivity contribution in [3.8, 4) is 0 Å². The fourth-order valence-corrected chi connectivity index (χ4v) is 2.23. The van der Waals surface area contributed by atoms with E-state index in [0.29, 0.717) is 0 Å². The minimum absolute atomic E-state index is 0.0203. The zero-order valence-electron chi connectivity index (χ0n) is 13.8. The van der Waals surface area contributed by atoms with Crippen LogP contribution in [0.2, 0.25) is 0 Å². The average molecular weight is 361 g/mol. The molecular formula is C17H19N3O6. The van der Waals surface area contributed by atoms with Crippen molar-refractivity contribution in [2.24, 2.45) is 0 Å². The molecule has 1 heterocycles. The van der Waals surface area contributed by atoms with E-state index in [2.05, 4.69) is 10.3 Å². The van der Waals surface area contributed by atoms with Crippen LogP contribution >= 0.6 is 0 Å². The molecule has 0 bridgehead atoms. The third-order valence-corrected chi connectivity index (χ3v) is 3.58. The Morgan fingerprint density at radius 3 is 2.65 bits per heavy atom. The minimum Gasteiger partial charge on any atom is -0.445 e. The van der Waals surface area contributed by atoms with Crippen LogP contribution in [-0.2, 0) is 11.3 Å². The summed E-state index contributed by atoms with van der Waals surface area (Å²) in [6, 6.07) is 11.7. The van der Waals surface area contributed by atoms with Crippen LogP contribution in [0.1, 0.15) is 23.8 Å². The first kappa shape index (κ1) is 19.3. The summed E-state index contributed by atoms with van der Waals surface area (Å²) in [7, 11) is 0. The van der Waals surface area contributed by atoms with Gasteiger partial charge in [0, 0.05) is 18.8 Å². The van der Waals surface area contributed by atoms with E-state index in [1.54, 1.807) is 0 Å². The number of carbonyl (C=O) groups excluding carboxylic acids is 1. The maximum absolute atomic E-state index is 11.6. The van der Waals surface area contributed by atoms with Gasteiger partial charge in [-0.1, -0.05) is 30.3 Å². The molecule has 2 rings (SSSR count). The van der Waals surface area contributed by atoms with Crippen molar-refractivity contribution in [2.45, 2.75) is 25.2 Å². The van der Waals surface area contributed by atoms with Crippen molar-refractivity contribution in [2.75, 3.05) is 6.54 Å². The van der Waals surface area contributed by atoms with Crippen LogP contribution in [0.25, 0.3) is 0 Å². The molecule has 2 atom stereocenters. The second kappa shape index (κ2) is 9.44. The largest absolute Gasteiger partial charge is 0.445 e. The lowest BCUT2D eigenvalue weighted by molar-refractivity contribution is -0.386. The number of pyridine rings is 1. The monoisotopic (exact) mass is 361 g/mol. The molecule has 26 heavy (non-hydrogen) atoms. The Bertz CT molecular complexity index is 740. The predicted octanol–water partition coefficient (Wildman–Crippen LogP) is 1.70. The highest BCUT2D eigenvalue weighted by atomic mass is 16.6. The van der Waals surface area contributed by atoms with E-state index in [1.165, 1.54) is 18.3 Å². The molecule has 1 aromatic heterocycles. The van der Waals surface area contributed by atoms with Crippen LogP contribution < -0.4 is 5.32 Å². The number of amides is 1. The molecule has 0 saturated carbocycles. The second-order valence-corrected chi connectivity index (χ2v) is 5.45. The number of nitro groups is 1. The summed E-state index contributed by atoms with van der Waals surface area (Å²) in [6.45, 7) is 0.129. The molecule has 0 fully saturated rings. The number of rotatable bonds is 8. The molecule has 1 aromatic carbocycles. The molecule has 0 aliphatic heterocycles. The van der Waals surface area contributed by atoms with Gasteiger partial charge >= 0.3 is 6.09 Å². The third kappa shape index (κ3) is 5.50. The molecule has 9 nitrogen and oxygen atoms in total. The second-order valence-electron chi connectivity index (χ2n) is 5.45.